The fourth-order valence-electron chi connectivity index (χ4n) is 4.23. The van der Waals surface area contributed by atoms with Crippen LogP contribution in [0.15, 0.2) is 42.5 Å². The quantitative estimate of drug-likeness (QED) is 0.482. The zero-order valence-electron chi connectivity index (χ0n) is 18.4. The number of ether oxygens (including phenoxy) is 1. The monoisotopic (exact) mass is 482 g/mol. The summed E-state index contributed by atoms with van der Waals surface area (Å²) in [5.41, 5.74) is 0.789. The Balaban J connectivity index is 1.37. The molecule has 3 heterocycles. The molecule has 0 bridgehead atoms. The predicted octanol–water partition coefficient (Wildman–Crippen LogP) is 2.79. The van der Waals surface area contributed by atoms with Crippen molar-refractivity contribution in [2.75, 3.05) is 50.8 Å². The molecule has 34 heavy (non-hydrogen) atoms. The van der Waals surface area contributed by atoms with E-state index in [-0.39, 0.29) is 5.52 Å². The summed E-state index contributed by atoms with van der Waals surface area (Å²) in [5.74, 6) is -1.87. The number of halogens is 1. The summed E-state index contributed by atoms with van der Waals surface area (Å²) in [6.07, 6.45) is 0.659. The fraction of sp³-hybridized carbons (Fsp3) is 0.333. The molecule has 0 spiro atoms. The van der Waals surface area contributed by atoms with Crippen molar-refractivity contribution in [3.8, 4) is 0 Å². The highest BCUT2D eigenvalue weighted by Crippen LogP contribution is 2.31. The number of carbonyl (C=O) groups excluding carboxylic acids is 3. The molecule has 0 N–H and O–H groups in total. The second-order valence-electron chi connectivity index (χ2n) is 8.18. The minimum Gasteiger partial charge on any atom is -0.379 e. The van der Waals surface area contributed by atoms with Gasteiger partial charge in [0, 0.05) is 26.2 Å². The summed E-state index contributed by atoms with van der Waals surface area (Å²) < 4.78 is 20.3. The highest BCUT2D eigenvalue weighted by atomic mass is 32.1. The fourth-order valence-corrected chi connectivity index (χ4v) is 5.25. The Hall–Kier alpha value is -3.21. The lowest BCUT2D eigenvalue weighted by molar-refractivity contribution is -0.119. The second-order valence-corrected chi connectivity index (χ2v) is 9.19. The number of benzene rings is 2. The zero-order valence-corrected chi connectivity index (χ0v) is 19.2. The van der Waals surface area contributed by atoms with Crippen LogP contribution in [-0.4, -0.2) is 78.4 Å². The van der Waals surface area contributed by atoms with Crippen LogP contribution in [-0.2, 0) is 9.53 Å². The van der Waals surface area contributed by atoms with Crippen LogP contribution in [0.25, 0.3) is 10.2 Å². The number of fused-ring (bicyclic) bond motifs is 2. The van der Waals surface area contributed by atoms with E-state index in [1.165, 1.54) is 22.3 Å². The second kappa shape index (κ2) is 9.57. The molecule has 0 radical (unpaired) electrons. The minimum absolute atomic E-state index is 0.203. The number of hydrogen-bond donors (Lipinski definition) is 0. The lowest BCUT2D eigenvalue weighted by Gasteiger charge is -2.28. The topological polar surface area (TPSA) is 83.1 Å². The number of aromatic nitrogens is 1. The summed E-state index contributed by atoms with van der Waals surface area (Å²) in [5, 5.41) is 0.351. The van der Waals surface area contributed by atoms with Gasteiger partial charge in [-0.15, -0.1) is 0 Å². The average Bonchev–Trinajstić information content (AvgIpc) is 3.39. The third-order valence-electron chi connectivity index (χ3n) is 6.02. The van der Waals surface area contributed by atoms with Crippen molar-refractivity contribution >= 4 is 44.4 Å². The Labute approximate surface area is 199 Å². The summed E-state index contributed by atoms with van der Waals surface area (Å²) in [4.78, 5) is 48.0. The molecule has 5 rings (SSSR count). The number of rotatable bonds is 7. The van der Waals surface area contributed by atoms with Gasteiger partial charge in [0.15, 0.2) is 5.13 Å². The highest BCUT2D eigenvalue weighted by molar-refractivity contribution is 7.22. The molecule has 3 aromatic rings. The first-order chi connectivity index (χ1) is 16.5. The van der Waals surface area contributed by atoms with Gasteiger partial charge in [0.25, 0.3) is 11.8 Å². The van der Waals surface area contributed by atoms with Gasteiger partial charge in [0.05, 0.1) is 29.0 Å². The van der Waals surface area contributed by atoms with E-state index in [0.717, 1.165) is 24.5 Å². The maximum absolute atomic E-state index is 14.3. The number of para-hydroxylation sites is 1. The summed E-state index contributed by atoms with van der Waals surface area (Å²) >= 11 is 1.21. The third-order valence-corrected chi connectivity index (χ3v) is 7.07. The van der Waals surface area contributed by atoms with Crippen molar-refractivity contribution < 1.29 is 23.5 Å². The average molecular weight is 483 g/mol. The molecule has 2 aliphatic heterocycles. The molecule has 1 aromatic heterocycles. The molecule has 10 heteroatoms. The number of imide groups is 1. The van der Waals surface area contributed by atoms with Gasteiger partial charge in [-0.1, -0.05) is 29.5 Å². The first-order valence-electron chi connectivity index (χ1n) is 11.1. The molecule has 1 fully saturated rings. The maximum Gasteiger partial charge on any atom is 0.262 e. The highest BCUT2D eigenvalue weighted by Gasteiger charge is 2.37. The van der Waals surface area contributed by atoms with E-state index in [4.69, 9.17) is 4.74 Å². The number of nitrogens with zero attached hydrogens (tertiary/aromatic N) is 4. The van der Waals surface area contributed by atoms with Crippen molar-refractivity contribution in [1.82, 2.24) is 14.8 Å². The standard InChI is InChI=1S/C24H23FN4O4S/c25-18-7-3-8-19-21(18)26-24(34-19)28(10-4-9-27-11-13-33-14-12-27)20(30)15-29-22(31)16-5-1-2-6-17(16)23(29)32/h1-3,5-8H,4,9-15H2. The van der Waals surface area contributed by atoms with Gasteiger partial charge in [-0.3, -0.25) is 29.1 Å². The minimum atomic E-state index is -0.488. The molecule has 1 saturated heterocycles. The number of morpholine rings is 1. The first-order valence-corrected chi connectivity index (χ1v) is 12.0. The number of hydrogen-bond acceptors (Lipinski definition) is 7. The van der Waals surface area contributed by atoms with Crippen molar-refractivity contribution in [2.24, 2.45) is 0 Å². The van der Waals surface area contributed by atoms with Crippen LogP contribution in [0.1, 0.15) is 27.1 Å². The van der Waals surface area contributed by atoms with Crippen LogP contribution in [0.5, 0.6) is 0 Å². The van der Waals surface area contributed by atoms with Crippen LogP contribution >= 0.6 is 11.3 Å². The van der Waals surface area contributed by atoms with Gasteiger partial charge in [-0.25, -0.2) is 9.37 Å². The SMILES string of the molecule is O=C1c2ccccc2C(=O)N1CC(=O)N(CCCN1CCOCC1)c1nc2c(F)cccc2s1. The van der Waals surface area contributed by atoms with Crippen molar-refractivity contribution in [2.45, 2.75) is 6.42 Å². The molecule has 2 aliphatic rings. The number of thiazole rings is 1. The van der Waals surface area contributed by atoms with Gasteiger partial charge in [-0.2, -0.15) is 0 Å². The normalized spacial score (nSPS) is 16.3. The third kappa shape index (κ3) is 4.31. The molecule has 176 valence electrons. The largest absolute Gasteiger partial charge is 0.379 e. The van der Waals surface area contributed by atoms with Crippen LogP contribution in [0, 0.1) is 5.82 Å². The predicted molar refractivity (Wildman–Crippen MR) is 126 cm³/mol. The molecule has 0 aliphatic carbocycles. The number of anilines is 1. The van der Waals surface area contributed by atoms with Crippen LogP contribution in [0.2, 0.25) is 0 Å². The molecule has 3 amide bonds. The Morgan fingerprint density at radius 2 is 1.76 bits per heavy atom. The molecule has 2 aromatic carbocycles. The first kappa shape index (κ1) is 22.6. The molecular formula is C24H23FN4O4S. The van der Waals surface area contributed by atoms with E-state index < -0.39 is 30.1 Å². The van der Waals surface area contributed by atoms with Gasteiger partial charge in [0.1, 0.15) is 17.9 Å². The lowest BCUT2D eigenvalue weighted by atomic mass is 10.1. The molecule has 8 nitrogen and oxygen atoms in total. The molecule has 0 atom stereocenters. The van der Waals surface area contributed by atoms with Gasteiger partial charge in [-0.05, 0) is 30.7 Å². The van der Waals surface area contributed by atoms with E-state index >= 15 is 0 Å². The van der Waals surface area contributed by atoms with Crippen LogP contribution in [0.3, 0.4) is 0 Å². The smallest absolute Gasteiger partial charge is 0.262 e. The zero-order chi connectivity index (χ0) is 23.7. The summed E-state index contributed by atoms with van der Waals surface area (Å²) in [6.45, 7) is 3.71. The van der Waals surface area contributed by atoms with E-state index in [1.807, 2.05) is 0 Å². The number of amides is 3. The Kier molecular flexibility index (Phi) is 6.36. The van der Waals surface area contributed by atoms with Crippen LogP contribution < -0.4 is 4.90 Å². The van der Waals surface area contributed by atoms with Gasteiger partial charge in [0.2, 0.25) is 5.91 Å². The van der Waals surface area contributed by atoms with E-state index in [0.29, 0.717) is 47.1 Å². The maximum atomic E-state index is 14.3. The summed E-state index contributed by atoms with van der Waals surface area (Å²) in [6, 6.07) is 11.2. The Morgan fingerprint density at radius 3 is 2.44 bits per heavy atom. The lowest BCUT2D eigenvalue weighted by Crippen LogP contribution is -2.44. The van der Waals surface area contributed by atoms with E-state index in [9.17, 15) is 18.8 Å². The van der Waals surface area contributed by atoms with E-state index in [2.05, 4.69) is 9.88 Å². The number of carbonyl (C=O) groups is 3. The Morgan fingerprint density at radius 1 is 1.06 bits per heavy atom. The van der Waals surface area contributed by atoms with Crippen molar-refractivity contribution in [3.63, 3.8) is 0 Å². The van der Waals surface area contributed by atoms with Crippen molar-refractivity contribution in [1.29, 1.82) is 0 Å². The summed E-state index contributed by atoms with van der Waals surface area (Å²) in [7, 11) is 0. The van der Waals surface area contributed by atoms with Gasteiger partial charge >= 0.3 is 0 Å². The Bertz CT molecular complexity index is 1220. The van der Waals surface area contributed by atoms with Crippen LogP contribution in [0.4, 0.5) is 9.52 Å². The van der Waals surface area contributed by atoms with E-state index in [1.54, 1.807) is 36.4 Å². The molecular weight excluding hydrogens is 459 g/mol. The molecule has 0 unspecified atom stereocenters. The van der Waals surface area contributed by atoms with Crippen molar-refractivity contribution in [3.05, 3.63) is 59.4 Å². The molecule has 0 saturated carbocycles. The van der Waals surface area contributed by atoms with Gasteiger partial charge < -0.3 is 4.74 Å².